The third-order valence-electron chi connectivity index (χ3n) is 4.77. The van der Waals surface area contributed by atoms with E-state index in [0.29, 0.717) is 11.6 Å². The zero-order valence-corrected chi connectivity index (χ0v) is 11.5. The maximum atomic E-state index is 14.3. The van der Waals surface area contributed by atoms with Crippen molar-refractivity contribution in [1.29, 1.82) is 0 Å². The number of halogens is 1. The number of nitrogens with zero attached hydrogens (tertiary/aromatic N) is 1. The molecule has 104 valence electrons. The van der Waals surface area contributed by atoms with Gasteiger partial charge in [0.15, 0.2) is 0 Å². The van der Waals surface area contributed by atoms with Crippen LogP contribution in [-0.2, 0) is 0 Å². The highest BCUT2D eigenvalue weighted by Gasteiger charge is 2.36. The first-order valence-electron chi connectivity index (χ1n) is 7.41. The molecule has 1 aliphatic heterocycles. The van der Waals surface area contributed by atoms with Crippen LogP contribution in [0.5, 0.6) is 0 Å². The Bertz CT molecular complexity index is 460. The molecule has 1 aromatic carbocycles. The van der Waals surface area contributed by atoms with Gasteiger partial charge < -0.3 is 10.0 Å². The minimum atomic E-state index is -0.607. The SMILES string of the molecule is C[C@H](O)c1ccc(N2CCC3CCCCC32)c(F)c1. The summed E-state index contributed by atoms with van der Waals surface area (Å²) < 4.78 is 14.3. The molecule has 3 rings (SSSR count). The first-order chi connectivity index (χ1) is 9.16. The van der Waals surface area contributed by atoms with Gasteiger partial charge in [0.05, 0.1) is 11.8 Å². The third kappa shape index (κ3) is 2.36. The fourth-order valence-electron chi connectivity index (χ4n) is 3.72. The van der Waals surface area contributed by atoms with Gasteiger partial charge >= 0.3 is 0 Å². The van der Waals surface area contributed by atoms with Crippen LogP contribution in [0.3, 0.4) is 0 Å². The number of hydrogen-bond donors (Lipinski definition) is 1. The number of anilines is 1. The lowest BCUT2D eigenvalue weighted by atomic mass is 9.85. The molecule has 2 aliphatic rings. The van der Waals surface area contributed by atoms with E-state index in [4.69, 9.17) is 0 Å². The molecular formula is C16H22FNO. The Labute approximate surface area is 114 Å². The zero-order chi connectivity index (χ0) is 13.4. The molecule has 0 spiro atoms. The Morgan fingerprint density at radius 2 is 2.05 bits per heavy atom. The first-order valence-corrected chi connectivity index (χ1v) is 7.41. The molecule has 2 fully saturated rings. The minimum Gasteiger partial charge on any atom is -0.389 e. The Hall–Kier alpha value is -1.09. The van der Waals surface area contributed by atoms with E-state index in [9.17, 15) is 9.50 Å². The Kier molecular flexibility index (Phi) is 3.48. The van der Waals surface area contributed by atoms with Crippen molar-refractivity contribution >= 4 is 5.69 Å². The second kappa shape index (κ2) is 5.12. The number of aliphatic hydroxyl groups is 1. The van der Waals surface area contributed by atoms with Gasteiger partial charge in [0, 0.05) is 12.6 Å². The van der Waals surface area contributed by atoms with Crippen molar-refractivity contribution in [2.45, 2.75) is 51.2 Å². The maximum absolute atomic E-state index is 14.3. The van der Waals surface area contributed by atoms with Gasteiger partial charge in [-0.1, -0.05) is 18.9 Å². The highest BCUT2D eigenvalue weighted by Crippen LogP contribution is 2.39. The van der Waals surface area contributed by atoms with E-state index in [0.717, 1.165) is 18.2 Å². The van der Waals surface area contributed by atoms with Crippen LogP contribution in [0.25, 0.3) is 0 Å². The zero-order valence-electron chi connectivity index (χ0n) is 11.5. The van der Waals surface area contributed by atoms with Crippen LogP contribution in [0.4, 0.5) is 10.1 Å². The molecule has 1 saturated carbocycles. The summed E-state index contributed by atoms with van der Waals surface area (Å²) in [5.74, 6) is 0.564. The van der Waals surface area contributed by atoms with Crippen LogP contribution < -0.4 is 4.90 Å². The number of fused-ring (bicyclic) bond motifs is 1. The van der Waals surface area contributed by atoms with Gasteiger partial charge in [-0.15, -0.1) is 0 Å². The highest BCUT2D eigenvalue weighted by molar-refractivity contribution is 5.51. The van der Waals surface area contributed by atoms with Gasteiger partial charge in [0.2, 0.25) is 0 Å². The van der Waals surface area contributed by atoms with Gasteiger partial charge in [-0.2, -0.15) is 0 Å². The summed E-state index contributed by atoms with van der Waals surface area (Å²) in [5.41, 5.74) is 1.37. The van der Waals surface area contributed by atoms with Gasteiger partial charge in [-0.3, -0.25) is 0 Å². The van der Waals surface area contributed by atoms with E-state index >= 15 is 0 Å². The fourth-order valence-corrected chi connectivity index (χ4v) is 3.72. The van der Waals surface area contributed by atoms with Crippen LogP contribution in [0.15, 0.2) is 18.2 Å². The fraction of sp³-hybridized carbons (Fsp3) is 0.625. The predicted octanol–water partition coefficient (Wildman–Crippen LogP) is 3.65. The van der Waals surface area contributed by atoms with E-state index in [1.54, 1.807) is 6.92 Å². The molecule has 19 heavy (non-hydrogen) atoms. The molecule has 0 bridgehead atoms. The van der Waals surface area contributed by atoms with Crippen LogP contribution >= 0.6 is 0 Å². The van der Waals surface area contributed by atoms with Crippen molar-refractivity contribution in [3.63, 3.8) is 0 Å². The van der Waals surface area contributed by atoms with Crippen molar-refractivity contribution in [2.75, 3.05) is 11.4 Å². The molecule has 2 unspecified atom stereocenters. The maximum Gasteiger partial charge on any atom is 0.146 e. The summed E-state index contributed by atoms with van der Waals surface area (Å²) in [6, 6.07) is 5.70. The minimum absolute atomic E-state index is 0.190. The number of hydrogen-bond acceptors (Lipinski definition) is 2. The summed E-state index contributed by atoms with van der Waals surface area (Å²) in [4.78, 5) is 2.25. The molecule has 0 aromatic heterocycles. The van der Waals surface area contributed by atoms with Crippen molar-refractivity contribution in [1.82, 2.24) is 0 Å². The quantitative estimate of drug-likeness (QED) is 0.880. The molecule has 1 saturated heterocycles. The van der Waals surface area contributed by atoms with Gasteiger partial charge in [-0.05, 0) is 49.8 Å². The number of rotatable bonds is 2. The molecule has 0 radical (unpaired) electrons. The van der Waals surface area contributed by atoms with Crippen molar-refractivity contribution in [3.05, 3.63) is 29.6 Å². The summed E-state index contributed by atoms with van der Waals surface area (Å²) in [6.45, 7) is 2.64. The second-order valence-corrected chi connectivity index (χ2v) is 5.98. The average molecular weight is 263 g/mol. The van der Waals surface area contributed by atoms with E-state index in [1.165, 1.54) is 38.2 Å². The Morgan fingerprint density at radius 3 is 2.79 bits per heavy atom. The lowest BCUT2D eigenvalue weighted by Crippen LogP contribution is -2.35. The molecule has 1 aliphatic carbocycles. The normalized spacial score (nSPS) is 28.3. The molecule has 1 heterocycles. The van der Waals surface area contributed by atoms with Crippen molar-refractivity contribution in [3.8, 4) is 0 Å². The van der Waals surface area contributed by atoms with E-state index in [-0.39, 0.29) is 5.82 Å². The topological polar surface area (TPSA) is 23.5 Å². The average Bonchev–Trinajstić information content (AvgIpc) is 2.82. The van der Waals surface area contributed by atoms with Gasteiger partial charge in [0.1, 0.15) is 5.82 Å². The highest BCUT2D eigenvalue weighted by atomic mass is 19.1. The van der Waals surface area contributed by atoms with E-state index in [2.05, 4.69) is 4.90 Å². The second-order valence-electron chi connectivity index (χ2n) is 5.98. The molecule has 1 N–H and O–H groups in total. The van der Waals surface area contributed by atoms with Crippen LogP contribution in [0.1, 0.15) is 50.7 Å². The lowest BCUT2D eigenvalue weighted by Gasteiger charge is -2.33. The standard InChI is InChI=1S/C16H22FNO/c1-11(19)13-6-7-16(14(17)10-13)18-9-8-12-4-2-3-5-15(12)18/h6-7,10-12,15,19H,2-5,8-9H2,1H3/t11-,12?,15?/m0/s1. The molecule has 1 aromatic rings. The summed E-state index contributed by atoms with van der Waals surface area (Å²) >= 11 is 0. The number of aliphatic hydroxyl groups excluding tert-OH is 1. The van der Waals surface area contributed by atoms with Gasteiger partial charge in [0.25, 0.3) is 0 Å². The van der Waals surface area contributed by atoms with Crippen molar-refractivity contribution < 1.29 is 9.50 Å². The summed E-state index contributed by atoms with van der Waals surface area (Å²) in [6.07, 6.45) is 5.69. The first kappa shape index (κ1) is 12.9. The van der Waals surface area contributed by atoms with Crippen molar-refractivity contribution in [2.24, 2.45) is 5.92 Å². The van der Waals surface area contributed by atoms with Gasteiger partial charge in [-0.25, -0.2) is 4.39 Å². The summed E-state index contributed by atoms with van der Waals surface area (Å²) in [7, 11) is 0. The smallest absolute Gasteiger partial charge is 0.146 e. The predicted molar refractivity (Wildman–Crippen MR) is 74.7 cm³/mol. The Morgan fingerprint density at radius 1 is 1.26 bits per heavy atom. The van der Waals surface area contributed by atoms with E-state index < -0.39 is 6.10 Å². The molecule has 3 atom stereocenters. The van der Waals surface area contributed by atoms with Crippen LogP contribution in [0, 0.1) is 11.7 Å². The third-order valence-corrected chi connectivity index (χ3v) is 4.77. The monoisotopic (exact) mass is 263 g/mol. The van der Waals surface area contributed by atoms with E-state index in [1.807, 2.05) is 12.1 Å². The lowest BCUT2D eigenvalue weighted by molar-refractivity contribution is 0.199. The number of benzene rings is 1. The molecular weight excluding hydrogens is 241 g/mol. The molecule has 3 heteroatoms. The van der Waals surface area contributed by atoms with Crippen LogP contribution in [0.2, 0.25) is 0 Å². The summed E-state index contributed by atoms with van der Waals surface area (Å²) in [5, 5.41) is 9.51. The van der Waals surface area contributed by atoms with Crippen LogP contribution in [-0.4, -0.2) is 17.7 Å². The Balaban J connectivity index is 1.86. The molecule has 0 amide bonds. The molecule has 2 nitrogen and oxygen atoms in total. The largest absolute Gasteiger partial charge is 0.389 e.